The average Bonchev–Trinajstić information content (AvgIpc) is 3.83. The van der Waals surface area contributed by atoms with E-state index in [0.717, 1.165) is 47.4 Å². The number of nitrogens with one attached hydrogen (secondary N) is 3. The number of thiazole rings is 1. The molecule has 3 N–H and O–H groups in total. The number of amides is 4. The molecular formula is C45H63N5O6S. The Kier molecular flexibility index (Phi) is 14.2. The summed E-state index contributed by atoms with van der Waals surface area (Å²) in [5.41, 5.74) is 5.10. The summed E-state index contributed by atoms with van der Waals surface area (Å²) >= 11 is 1.60. The number of aryl methyl sites for hydroxylation is 1. The normalized spacial score (nSPS) is 18.6. The first-order valence-corrected chi connectivity index (χ1v) is 21.3. The lowest BCUT2D eigenvalue weighted by Crippen LogP contribution is -2.63. The predicted molar refractivity (Wildman–Crippen MR) is 225 cm³/mol. The predicted octanol–water partition coefficient (Wildman–Crippen LogP) is 7.47. The van der Waals surface area contributed by atoms with Crippen LogP contribution in [-0.4, -0.2) is 77.5 Å². The second-order valence-electron chi connectivity index (χ2n) is 18.3. The molecule has 0 spiro atoms. The number of nitrogens with zero attached hydrogens (tertiary/aromatic N) is 2. The Morgan fingerprint density at radius 3 is 2.28 bits per heavy atom. The Bertz CT molecular complexity index is 1830. The maximum Gasteiger partial charge on any atom is 0.251 e. The second-order valence-corrected chi connectivity index (χ2v) is 19.1. The molecule has 2 aromatic carbocycles. The van der Waals surface area contributed by atoms with Crippen molar-refractivity contribution in [1.29, 1.82) is 0 Å². The summed E-state index contributed by atoms with van der Waals surface area (Å²) in [6, 6.07) is 14.0. The lowest BCUT2D eigenvalue weighted by Gasteiger charge is -2.57. The van der Waals surface area contributed by atoms with Crippen LogP contribution in [0.4, 0.5) is 0 Å². The maximum absolute atomic E-state index is 13.9. The first-order chi connectivity index (χ1) is 26.9. The van der Waals surface area contributed by atoms with Gasteiger partial charge in [-0.25, -0.2) is 4.98 Å². The van der Waals surface area contributed by atoms with Crippen LogP contribution < -0.4 is 20.7 Å². The van der Waals surface area contributed by atoms with E-state index in [0.29, 0.717) is 43.9 Å². The van der Waals surface area contributed by atoms with Crippen molar-refractivity contribution >= 4 is 35.0 Å². The van der Waals surface area contributed by atoms with Gasteiger partial charge in [-0.2, -0.15) is 0 Å². The van der Waals surface area contributed by atoms with Crippen LogP contribution >= 0.6 is 11.3 Å². The number of hydrogen-bond acceptors (Lipinski definition) is 8. The summed E-state index contributed by atoms with van der Waals surface area (Å²) < 4.78 is 11.8. The lowest BCUT2D eigenvalue weighted by atomic mass is 9.52. The molecule has 2 fully saturated rings. The number of aromatic nitrogens is 1. The van der Waals surface area contributed by atoms with Crippen molar-refractivity contribution in [3.63, 3.8) is 0 Å². The Morgan fingerprint density at radius 2 is 1.67 bits per heavy atom. The molecule has 1 aliphatic carbocycles. The Hall–Kier alpha value is -4.29. The number of carbonyl (C=O) groups is 4. The van der Waals surface area contributed by atoms with Crippen molar-refractivity contribution in [3.05, 3.63) is 70.9 Å². The zero-order chi connectivity index (χ0) is 41.5. The number of unbranched alkanes of at least 4 members (excludes halogenated alkanes) is 1. The molecule has 3 atom stereocenters. The van der Waals surface area contributed by atoms with Crippen LogP contribution in [0.1, 0.15) is 116 Å². The zero-order valence-corrected chi connectivity index (χ0v) is 36.1. The molecule has 5 rings (SSSR count). The summed E-state index contributed by atoms with van der Waals surface area (Å²) in [7, 11) is 0. The number of rotatable bonds is 17. The van der Waals surface area contributed by atoms with E-state index in [1.54, 1.807) is 28.4 Å². The average molecular weight is 802 g/mol. The van der Waals surface area contributed by atoms with Gasteiger partial charge in [0.25, 0.3) is 5.91 Å². The molecule has 0 bridgehead atoms. The molecule has 2 heterocycles. The molecule has 1 saturated carbocycles. The highest BCUT2D eigenvalue weighted by Crippen LogP contribution is 2.53. The van der Waals surface area contributed by atoms with Crippen LogP contribution in [0.15, 0.2) is 54.0 Å². The number of carbonyl (C=O) groups excluding carboxylic acids is 4. The van der Waals surface area contributed by atoms with Crippen LogP contribution in [0.3, 0.4) is 0 Å². The minimum absolute atomic E-state index is 0.0623. The van der Waals surface area contributed by atoms with Crippen LogP contribution in [0.2, 0.25) is 0 Å². The summed E-state index contributed by atoms with van der Waals surface area (Å²) in [5, 5.41) is 9.16. The first kappa shape index (κ1) is 43.8. The van der Waals surface area contributed by atoms with Crippen LogP contribution in [0.25, 0.3) is 10.4 Å². The minimum atomic E-state index is -0.817. The fourth-order valence-electron chi connectivity index (χ4n) is 8.62. The molecule has 1 saturated heterocycles. The quantitative estimate of drug-likeness (QED) is 0.121. The van der Waals surface area contributed by atoms with E-state index in [1.165, 1.54) is 0 Å². The van der Waals surface area contributed by atoms with Crippen LogP contribution in [0, 0.1) is 23.2 Å². The number of likely N-dealkylation sites (tertiary alicyclic amines) is 1. The smallest absolute Gasteiger partial charge is 0.251 e. The van der Waals surface area contributed by atoms with Gasteiger partial charge in [0.2, 0.25) is 17.7 Å². The van der Waals surface area contributed by atoms with Gasteiger partial charge in [-0.05, 0) is 104 Å². The lowest BCUT2D eigenvalue weighted by molar-refractivity contribution is -0.144. The van der Waals surface area contributed by atoms with Gasteiger partial charge in [-0.1, -0.05) is 72.7 Å². The molecule has 2 aliphatic rings. The molecule has 1 aliphatic heterocycles. The molecule has 0 radical (unpaired) electrons. The fraction of sp³-hybridized carbons (Fsp3) is 0.578. The van der Waals surface area contributed by atoms with Gasteiger partial charge in [0.15, 0.2) is 0 Å². The van der Waals surface area contributed by atoms with E-state index in [2.05, 4.69) is 48.6 Å². The number of benzene rings is 2. The van der Waals surface area contributed by atoms with E-state index >= 15 is 0 Å². The van der Waals surface area contributed by atoms with Crippen molar-refractivity contribution in [2.45, 2.75) is 132 Å². The largest absolute Gasteiger partial charge is 0.494 e. The molecule has 3 aromatic rings. The third-order valence-corrected chi connectivity index (χ3v) is 12.3. The zero-order valence-electron chi connectivity index (χ0n) is 35.3. The van der Waals surface area contributed by atoms with E-state index in [4.69, 9.17) is 9.47 Å². The van der Waals surface area contributed by atoms with Gasteiger partial charge >= 0.3 is 0 Å². The molecule has 57 heavy (non-hydrogen) atoms. The van der Waals surface area contributed by atoms with Crippen LogP contribution in [0.5, 0.6) is 5.75 Å². The van der Waals surface area contributed by atoms with Gasteiger partial charge in [-0.3, -0.25) is 19.2 Å². The van der Waals surface area contributed by atoms with E-state index in [9.17, 15) is 19.2 Å². The Balaban J connectivity index is 1.00. The third kappa shape index (κ3) is 11.4. The summed E-state index contributed by atoms with van der Waals surface area (Å²) in [4.78, 5) is 60.4. The minimum Gasteiger partial charge on any atom is -0.494 e. The standard InChI is InChI=1S/C45H63N5O6S/c1-29(13-10-11-24-55-34-21-19-33(20-22-34)39(52)49-42-44(6,7)27-45(42,8)9)56-26-36(51)48-38(43(3,4)5)41(54)50-23-12-14-35(50)40(53)46-25-31-15-17-32(18-16-31)37-30(2)47-28-57-37/h15-22,28-29,35,38,42H,10-14,23-27H2,1-9H3,(H,46,53)(H,48,51)(H,49,52)/t29-,35-,38+/m0/s1. The molecule has 0 unspecified atom stereocenters. The molecule has 4 amide bonds. The topological polar surface area (TPSA) is 139 Å². The molecule has 310 valence electrons. The Morgan fingerprint density at radius 1 is 0.982 bits per heavy atom. The number of ether oxygens (including phenoxy) is 2. The number of hydrogen-bond donors (Lipinski definition) is 3. The highest BCUT2D eigenvalue weighted by molar-refractivity contribution is 7.13. The monoisotopic (exact) mass is 801 g/mol. The van der Waals surface area contributed by atoms with Gasteiger partial charge in [0.1, 0.15) is 24.4 Å². The molecule has 12 heteroatoms. The van der Waals surface area contributed by atoms with Gasteiger partial charge in [0, 0.05) is 24.7 Å². The van der Waals surface area contributed by atoms with Crippen molar-refractivity contribution < 1.29 is 28.7 Å². The summed E-state index contributed by atoms with van der Waals surface area (Å²) in [6.07, 6.45) is 4.59. The van der Waals surface area contributed by atoms with Gasteiger partial charge in [-0.15, -0.1) is 11.3 Å². The Labute approximate surface area is 343 Å². The van der Waals surface area contributed by atoms with E-state index < -0.39 is 17.5 Å². The molecule has 1 aromatic heterocycles. The van der Waals surface area contributed by atoms with Crippen LogP contribution in [-0.2, 0) is 25.7 Å². The fourth-order valence-corrected chi connectivity index (χ4v) is 9.43. The second kappa shape index (κ2) is 18.5. The van der Waals surface area contributed by atoms with Crippen molar-refractivity contribution in [3.8, 4) is 16.2 Å². The SMILES string of the molecule is Cc1ncsc1-c1ccc(CNC(=O)[C@@H]2CCCN2C(=O)[C@@H](NC(=O)CO[C@@H](C)CCCCOc2ccc(C(=O)NC3C(C)(C)CC3(C)C)cc2)C(C)(C)C)cc1. The van der Waals surface area contributed by atoms with Crippen molar-refractivity contribution in [1.82, 2.24) is 25.8 Å². The van der Waals surface area contributed by atoms with E-state index in [-0.39, 0.29) is 53.2 Å². The summed E-state index contributed by atoms with van der Waals surface area (Å²) in [5.74, 6) is -0.171. The highest BCUT2D eigenvalue weighted by Gasteiger charge is 2.53. The first-order valence-electron chi connectivity index (χ1n) is 20.4. The molecular weight excluding hydrogens is 739 g/mol. The summed E-state index contributed by atoms with van der Waals surface area (Å²) in [6.45, 7) is 19.6. The van der Waals surface area contributed by atoms with E-state index in [1.807, 2.05) is 76.5 Å². The van der Waals surface area contributed by atoms with Gasteiger partial charge < -0.3 is 30.3 Å². The van der Waals surface area contributed by atoms with Crippen molar-refractivity contribution in [2.75, 3.05) is 19.8 Å². The maximum atomic E-state index is 13.9. The molecule has 11 nitrogen and oxygen atoms in total. The van der Waals surface area contributed by atoms with Gasteiger partial charge in [0.05, 0.1) is 28.8 Å². The van der Waals surface area contributed by atoms with Crippen molar-refractivity contribution in [2.24, 2.45) is 16.2 Å². The highest BCUT2D eigenvalue weighted by atomic mass is 32.1. The third-order valence-electron chi connectivity index (χ3n) is 11.3.